The number of hydrogen-bond acceptors (Lipinski definition) is 4. The van der Waals surface area contributed by atoms with Crippen molar-refractivity contribution in [2.24, 2.45) is 0 Å². The highest BCUT2D eigenvalue weighted by Crippen LogP contribution is 2.19. The van der Waals surface area contributed by atoms with Crippen molar-refractivity contribution in [2.75, 3.05) is 26.4 Å². The van der Waals surface area contributed by atoms with Gasteiger partial charge in [-0.3, -0.25) is 0 Å². The van der Waals surface area contributed by atoms with Crippen molar-refractivity contribution in [2.45, 2.75) is 19.4 Å². The SMILES string of the molecule is CC[C@H](O)c1ccc(OCCOCCO)cc1. The lowest BCUT2D eigenvalue weighted by molar-refractivity contribution is 0.0705. The second-order valence-electron chi connectivity index (χ2n) is 3.68. The van der Waals surface area contributed by atoms with Crippen LogP contribution in [0.1, 0.15) is 25.0 Å². The lowest BCUT2D eigenvalue weighted by atomic mass is 10.1. The summed E-state index contributed by atoms with van der Waals surface area (Å²) in [4.78, 5) is 0. The van der Waals surface area contributed by atoms with Crippen molar-refractivity contribution < 1.29 is 19.7 Å². The molecule has 0 fully saturated rings. The fourth-order valence-electron chi connectivity index (χ4n) is 1.41. The predicted octanol–water partition coefficient (Wildman–Crippen LogP) is 1.52. The highest BCUT2D eigenvalue weighted by Gasteiger charge is 2.04. The Morgan fingerprint density at radius 3 is 2.41 bits per heavy atom. The zero-order valence-corrected chi connectivity index (χ0v) is 10.1. The van der Waals surface area contributed by atoms with Crippen molar-refractivity contribution >= 4 is 0 Å². The topological polar surface area (TPSA) is 58.9 Å². The molecule has 0 aliphatic heterocycles. The highest BCUT2D eigenvalue weighted by atomic mass is 16.5. The van der Waals surface area contributed by atoms with Gasteiger partial charge < -0.3 is 19.7 Å². The minimum absolute atomic E-state index is 0.0314. The van der Waals surface area contributed by atoms with E-state index in [2.05, 4.69) is 0 Å². The first-order valence-corrected chi connectivity index (χ1v) is 5.87. The number of aliphatic hydroxyl groups is 2. The van der Waals surface area contributed by atoms with Gasteiger partial charge in [0.1, 0.15) is 12.4 Å². The van der Waals surface area contributed by atoms with Crippen LogP contribution in [0.15, 0.2) is 24.3 Å². The van der Waals surface area contributed by atoms with Crippen LogP contribution in [0.2, 0.25) is 0 Å². The molecule has 1 aromatic carbocycles. The number of ether oxygens (including phenoxy) is 2. The first-order valence-electron chi connectivity index (χ1n) is 5.87. The van der Waals surface area contributed by atoms with Crippen LogP contribution < -0.4 is 4.74 Å². The average Bonchev–Trinajstić information content (AvgIpc) is 2.38. The van der Waals surface area contributed by atoms with Crippen molar-refractivity contribution in [3.05, 3.63) is 29.8 Å². The Kier molecular flexibility index (Phi) is 6.62. The normalized spacial score (nSPS) is 12.4. The molecule has 4 heteroatoms. The number of hydrogen-bond donors (Lipinski definition) is 2. The smallest absolute Gasteiger partial charge is 0.119 e. The van der Waals surface area contributed by atoms with Gasteiger partial charge in [0.2, 0.25) is 0 Å². The van der Waals surface area contributed by atoms with Crippen LogP contribution in [-0.2, 0) is 4.74 Å². The fourth-order valence-corrected chi connectivity index (χ4v) is 1.41. The molecular formula is C13H20O4. The molecule has 0 unspecified atom stereocenters. The van der Waals surface area contributed by atoms with Gasteiger partial charge in [0.05, 0.1) is 25.9 Å². The third-order valence-electron chi connectivity index (χ3n) is 2.38. The van der Waals surface area contributed by atoms with Crippen molar-refractivity contribution in [1.29, 1.82) is 0 Å². The molecule has 1 atom stereocenters. The zero-order chi connectivity index (χ0) is 12.5. The van der Waals surface area contributed by atoms with Gasteiger partial charge in [0, 0.05) is 0 Å². The molecule has 0 saturated heterocycles. The van der Waals surface area contributed by atoms with E-state index in [0.717, 1.165) is 11.3 Å². The molecule has 0 saturated carbocycles. The Hall–Kier alpha value is -1.10. The van der Waals surface area contributed by atoms with Crippen LogP contribution >= 0.6 is 0 Å². The van der Waals surface area contributed by atoms with E-state index in [0.29, 0.717) is 26.2 Å². The summed E-state index contributed by atoms with van der Waals surface area (Å²) in [5.74, 6) is 0.754. The maximum atomic E-state index is 9.61. The Bertz CT molecular complexity index is 297. The standard InChI is InChI=1S/C13H20O4/c1-2-13(15)11-3-5-12(6-4-11)17-10-9-16-8-7-14/h3-6,13-15H,2,7-10H2,1H3/t13-/m0/s1. The fraction of sp³-hybridized carbons (Fsp3) is 0.538. The molecule has 4 nitrogen and oxygen atoms in total. The van der Waals surface area contributed by atoms with Crippen LogP contribution in [0.4, 0.5) is 0 Å². The molecule has 0 amide bonds. The summed E-state index contributed by atoms with van der Waals surface area (Å²) >= 11 is 0. The van der Waals surface area contributed by atoms with Gasteiger partial charge >= 0.3 is 0 Å². The lowest BCUT2D eigenvalue weighted by Crippen LogP contribution is -2.09. The Balaban J connectivity index is 2.30. The number of aliphatic hydroxyl groups excluding tert-OH is 2. The molecule has 0 radical (unpaired) electrons. The number of benzene rings is 1. The predicted molar refractivity (Wildman–Crippen MR) is 65.1 cm³/mol. The van der Waals surface area contributed by atoms with E-state index < -0.39 is 6.10 Å². The third kappa shape index (κ3) is 5.17. The molecular weight excluding hydrogens is 220 g/mol. The second-order valence-corrected chi connectivity index (χ2v) is 3.68. The molecule has 0 spiro atoms. The maximum Gasteiger partial charge on any atom is 0.119 e. The maximum absolute atomic E-state index is 9.61. The molecule has 17 heavy (non-hydrogen) atoms. The largest absolute Gasteiger partial charge is 0.491 e. The van der Waals surface area contributed by atoms with Gasteiger partial charge in [0.25, 0.3) is 0 Å². The molecule has 96 valence electrons. The van der Waals surface area contributed by atoms with E-state index in [4.69, 9.17) is 14.6 Å². The Morgan fingerprint density at radius 1 is 1.12 bits per heavy atom. The van der Waals surface area contributed by atoms with Gasteiger partial charge in [-0.25, -0.2) is 0 Å². The molecule has 0 aliphatic carbocycles. The van der Waals surface area contributed by atoms with Crippen molar-refractivity contribution in [1.82, 2.24) is 0 Å². The van der Waals surface area contributed by atoms with Crippen molar-refractivity contribution in [3.63, 3.8) is 0 Å². The minimum atomic E-state index is -0.406. The summed E-state index contributed by atoms with van der Waals surface area (Å²) in [5, 5.41) is 18.1. The van der Waals surface area contributed by atoms with Gasteiger partial charge in [-0.2, -0.15) is 0 Å². The molecule has 2 N–H and O–H groups in total. The summed E-state index contributed by atoms with van der Waals surface area (Å²) < 4.78 is 10.5. The molecule has 0 heterocycles. The van der Waals surface area contributed by atoms with Crippen LogP contribution in [0.25, 0.3) is 0 Å². The van der Waals surface area contributed by atoms with E-state index >= 15 is 0 Å². The molecule has 1 rings (SSSR count). The van der Waals surface area contributed by atoms with Crippen molar-refractivity contribution in [3.8, 4) is 5.75 Å². The average molecular weight is 240 g/mol. The first kappa shape index (κ1) is 14.0. The summed E-state index contributed by atoms with van der Waals surface area (Å²) in [6, 6.07) is 7.39. The molecule has 0 aromatic heterocycles. The van der Waals surface area contributed by atoms with E-state index in [1.165, 1.54) is 0 Å². The Labute approximate surface area is 102 Å². The molecule has 0 aliphatic rings. The molecule has 1 aromatic rings. The summed E-state index contributed by atoms with van der Waals surface area (Å²) in [7, 11) is 0. The minimum Gasteiger partial charge on any atom is -0.491 e. The third-order valence-corrected chi connectivity index (χ3v) is 2.38. The van der Waals surface area contributed by atoms with Crippen LogP contribution in [0, 0.1) is 0 Å². The summed E-state index contributed by atoms with van der Waals surface area (Å²) in [6.45, 7) is 3.22. The number of rotatable bonds is 8. The quantitative estimate of drug-likeness (QED) is 0.676. The van der Waals surface area contributed by atoms with Crippen LogP contribution in [0.5, 0.6) is 5.75 Å². The summed E-state index contributed by atoms with van der Waals surface area (Å²) in [5.41, 5.74) is 0.899. The van der Waals surface area contributed by atoms with E-state index in [9.17, 15) is 5.11 Å². The second kappa shape index (κ2) is 8.06. The van der Waals surface area contributed by atoms with E-state index in [1.807, 2.05) is 31.2 Å². The van der Waals surface area contributed by atoms with E-state index in [-0.39, 0.29) is 6.61 Å². The highest BCUT2D eigenvalue weighted by molar-refractivity contribution is 5.28. The van der Waals surface area contributed by atoms with Gasteiger partial charge in [-0.15, -0.1) is 0 Å². The zero-order valence-electron chi connectivity index (χ0n) is 10.1. The van der Waals surface area contributed by atoms with Gasteiger partial charge in [0.15, 0.2) is 0 Å². The first-order chi connectivity index (χ1) is 8.27. The van der Waals surface area contributed by atoms with Crippen LogP contribution in [-0.4, -0.2) is 36.6 Å². The van der Waals surface area contributed by atoms with E-state index in [1.54, 1.807) is 0 Å². The van der Waals surface area contributed by atoms with Gasteiger partial charge in [-0.1, -0.05) is 19.1 Å². The molecule has 0 bridgehead atoms. The van der Waals surface area contributed by atoms with Crippen LogP contribution in [0.3, 0.4) is 0 Å². The lowest BCUT2D eigenvalue weighted by Gasteiger charge is -2.10. The Morgan fingerprint density at radius 2 is 1.82 bits per heavy atom. The monoisotopic (exact) mass is 240 g/mol. The summed E-state index contributed by atoms with van der Waals surface area (Å²) in [6.07, 6.45) is 0.298. The van der Waals surface area contributed by atoms with Gasteiger partial charge in [-0.05, 0) is 24.1 Å².